The van der Waals surface area contributed by atoms with Gasteiger partial charge in [-0.25, -0.2) is 0 Å². The Balaban J connectivity index is 2.10. The van der Waals surface area contributed by atoms with Crippen LogP contribution in [0.25, 0.3) is 0 Å². The van der Waals surface area contributed by atoms with Crippen molar-refractivity contribution in [3.05, 3.63) is 56.2 Å². The van der Waals surface area contributed by atoms with Gasteiger partial charge in [-0.1, -0.05) is 35.3 Å². The Bertz CT molecular complexity index is 500. The van der Waals surface area contributed by atoms with E-state index in [-0.39, 0.29) is 5.78 Å². The zero-order chi connectivity index (χ0) is 12.3. The zero-order valence-corrected chi connectivity index (χ0v) is 11.3. The van der Waals surface area contributed by atoms with Gasteiger partial charge in [-0.15, -0.1) is 11.3 Å². The van der Waals surface area contributed by atoms with Gasteiger partial charge in [-0.3, -0.25) is 4.79 Å². The summed E-state index contributed by atoms with van der Waals surface area (Å²) in [5.41, 5.74) is 0.437. The highest BCUT2D eigenvalue weighted by molar-refractivity contribution is 7.09. The van der Waals surface area contributed by atoms with E-state index in [2.05, 4.69) is 0 Å². The topological polar surface area (TPSA) is 17.1 Å². The van der Waals surface area contributed by atoms with Crippen LogP contribution in [0, 0.1) is 0 Å². The molecule has 0 fully saturated rings. The number of rotatable bonds is 4. The van der Waals surface area contributed by atoms with Crippen molar-refractivity contribution in [2.24, 2.45) is 0 Å². The molecule has 4 heteroatoms. The van der Waals surface area contributed by atoms with Crippen LogP contribution in [-0.2, 0) is 6.42 Å². The van der Waals surface area contributed by atoms with Crippen molar-refractivity contribution in [1.82, 2.24) is 0 Å². The molecule has 0 atom stereocenters. The van der Waals surface area contributed by atoms with Gasteiger partial charge in [0, 0.05) is 11.3 Å². The van der Waals surface area contributed by atoms with Gasteiger partial charge in [0.05, 0.1) is 15.6 Å². The van der Waals surface area contributed by atoms with Gasteiger partial charge in [0.2, 0.25) is 0 Å². The van der Waals surface area contributed by atoms with Gasteiger partial charge in [-0.2, -0.15) is 0 Å². The van der Waals surface area contributed by atoms with Crippen LogP contribution in [0.15, 0.2) is 35.7 Å². The molecule has 88 valence electrons. The lowest BCUT2D eigenvalue weighted by Gasteiger charge is -2.05. The molecule has 1 nitrogen and oxygen atoms in total. The van der Waals surface area contributed by atoms with E-state index in [9.17, 15) is 4.79 Å². The third-order valence-corrected chi connectivity index (χ3v) is 3.99. The summed E-state index contributed by atoms with van der Waals surface area (Å²) in [6.45, 7) is 0. The Kier molecular flexibility index (Phi) is 4.21. The van der Waals surface area contributed by atoms with E-state index in [4.69, 9.17) is 23.2 Å². The number of carbonyl (C=O) groups excluding carboxylic acids is 1. The van der Waals surface area contributed by atoms with Gasteiger partial charge in [-0.05, 0) is 30.0 Å². The highest BCUT2D eigenvalue weighted by Crippen LogP contribution is 2.26. The third-order valence-electron chi connectivity index (χ3n) is 2.42. The standard InChI is InChI=1S/C13H10Cl2OS/c14-10-4-1-5-11(15)13(10)12(16)7-6-9-3-2-8-17-9/h1-5,8H,6-7H2. The minimum absolute atomic E-state index is 0.00556. The fourth-order valence-electron chi connectivity index (χ4n) is 1.58. The fourth-order valence-corrected chi connectivity index (χ4v) is 2.90. The molecule has 17 heavy (non-hydrogen) atoms. The van der Waals surface area contributed by atoms with Gasteiger partial charge in [0.25, 0.3) is 0 Å². The summed E-state index contributed by atoms with van der Waals surface area (Å²) in [6, 6.07) is 9.11. The SMILES string of the molecule is O=C(CCc1cccs1)c1c(Cl)cccc1Cl. The summed E-state index contributed by atoms with van der Waals surface area (Å²) in [4.78, 5) is 13.2. The Morgan fingerprint density at radius 3 is 2.41 bits per heavy atom. The maximum absolute atomic E-state index is 12.0. The smallest absolute Gasteiger partial charge is 0.166 e. The lowest BCUT2D eigenvalue weighted by Crippen LogP contribution is -2.02. The second-order valence-corrected chi connectivity index (χ2v) is 5.45. The summed E-state index contributed by atoms with van der Waals surface area (Å²) in [5, 5.41) is 2.85. The van der Waals surface area contributed by atoms with Gasteiger partial charge >= 0.3 is 0 Å². The Hall–Kier alpha value is -0.830. The summed E-state index contributed by atoms with van der Waals surface area (Å²) in [6.07, 6.45) is 1.17. The highest BCUT2D eigenvalue weighted by Gasteiger charge is 2.14. The molecule has 0 N–H and O–H groups in total. The predicted molar refractivity (Wildman–Crippen MR) is 73.4 cm³/mol. The number of thiophene rings is 1. The first-order chi connectivity index (χ1) is 8.18. The van der Waals surface area contributed by atoms with E-state index < -0.39 is 0 Å². The average Bonchev–Trinajstić information content (AvgIpc) is 2.79. The van der Waals surface area contributed by atoms with Crippen LogP contribution in [-0.4, -0.2) is 5.78 Å². The van der Waals surface area contributed by atoms with Crippen molar-refractivity contribution >= 4 is 40.3 Å². The van der Waals surface area contributed by atoms with E-state index in [0.717, 1.165) is 6.42 Å². The number of carbonyl (C=O) groups is 1. The van der Waals surface area contributed by atoms with Crippen molar-refractivity contribution in [1.29, 1.82) is 0 Å². The molecule has 0 unspecified atom stereocenters. The molecule has 0 aliphatic rings. The summed E-state index contributed by atoms with van der Waals surface area (Å²) in [5.74, 6) is -0.00556. The van der Waals surface area contributed by atoms with Crippen molar-refractivity contribution in [3.63, 3.8) is 0 Å². The molecular weight excluding hydrogens is 275 g/mol. The van der Waals surface area contributed by atoms with Crippen molar-refractivity contribution in [2.75, 3.05) is 0 Å². The van der Waals surface area contributed by atoms with Crippen LogP contribution in [0.3, 0.4) is 0 Å². The van der Waals surface area contributed by atoms with Crippen LogP contribution in [0.5, 0.6) is 0 Å². The number of hydrogen-bond donors (Lipinski definition) is 0. The second kappa shape index (κ2) is 5.67. The first-order valence-electron chi connectivity index (χ1n) is 5.18. The number of ketones is 1. The Morgan fingerprint density at radius 2 is 1.82 bits per heavy atom. The number of Topliss-reactive ketones (excluding diaryl/α,β-unsaturated/α-hetero) is 1. The van der Waals surface area contributed by atoms with E-state index in [1.807, 2.05) is 17.5 Å². The molecule has 0 aliphatic carbocycles. The predicted octanol–water partition coefficient (Wildman–Crippen LogP) is 4.87. The molecule has 0 radical (unpaired) electrons. The van der Waals surface area contributed by atoms with E-state index in [1.54, 1.807) is 29.5 Å². The number of halogens is 2. The van der Waals surface area contributed by atoms with Crippen molar-refractivity contribution < 1.29 is 4.79 Å². The number of aryl methyl sites for hydroxylation is 1. The van der Waals surface area contributed by atoms with Gasteiger partial charge in [0.1, 0.15) is 0 Å². The van der Waals surface area contributed by atoms with Crippen LogP contribution in [0.4, 0.5) is 0 Å². The third kappa shape index (κ3) is 3.09. The molecule has 0 saturated heterocycles. The molecule has 1 aromatic carbocycles. The molecule has 1 aromatic heterocycles. The molecule has 0 aliphatic heterocycles. The van der Waals surface area contributed by atoms with Gasteiger partial charge < -0.3 is 0 Å². The monoisotopic (exact) mass is 284 g/mol. The number of hydrogen-bond acceptors (Lipinski definition) is 2. The van der Waals surface area contributed by atoms with E-state index >= 15 is 0 Å². The Labute approximate surface area is 114 Å². The lowest BCUT2D eigenvalue weighted by atomic mass is 10.1. The quantitative estimate of drug-likeness (QED) is 0.732. The first-order valence-corrected chi connectivity index (χ1v) is 6.81. The largest absolute Gasteiger partial charge is 0.294 e. The summed E-state index contributed by atoms with van der Waals surface area (Å²) >= 11 is 13.6. The van der Waals surface area contributed by atoms with Crippen LogP contribution < -0.4 is 0 Å². The first kappa shape index (κ1) is 12.6. The van der Waals surface area contributed by atoms with Crippen molar-refractivity contribution in [2.45, 2.75) is 12.8 Å². The van der Waals surface area contributed by atoms with Crippen LogP contribution in [0.1, 0.15) is 21.7 Å². The maximum Gasteiger partial charge on any atom is 0.166 e. The molecule has 0 amide bonds. The van der Waals surface area contributed by atoms with Crippen LogP contribution in [0.2, 0.25) is 10.0 Å². The lowest BCUT2D eigenvalue weighted by molar-refractivity contribution is 0.0983. The number of benzene rings is 1. The minimum Gasteiger partial charge on any atom is -0.294 e. The minimum atomic E-state index is -0.00556. The Morgan fingerprint density at radius 1 is 1.12 bits per heavy atom. The van der Waals surface area contributed by atoms with Crippen LogP contribution >= 0.6 is 34.5 Å². The van der Waals surface area contributed by atoms with Crippen molar-refractivity contribution in [3.8, 4) is 0 Å². The molecule has 1 heterocycles. The summed E-state index contributed by atoms with van der Waals surface area (Å²) in [7, 11) is 0. The highest BCUT2D eigenvalue weighted by atomic mass is 35.5. The molecule has 0 spiro atoms. The molecule has 0 bridgehead atoms. The zero-order valence-electron chi connectivity index (χ0n) is 8.95. The fraction of sp³-hybridized carbons (Fsp3) is 0.154. The second-order valence-electron chi connectivity index (χ2n) is 3.60. The van der Waals surface area contributed by atoms with Gasteiger partial charge in [0.15, 0.2) is 5.78 Å². The summed E-state index contributed by atoms with van der Waals surface area (Å²) < 4.78 is 0. The normalized spacial score (nSPS) is 10.5. The average molecular weight is 285 g/mol. The molecule has 0 saturated carbocycles. The van der Waals surface area contributed by atoms with E-state index in [1.165, 1.54) is 4.88 Å². The van der Waals surface area contributed by atoms with E-state index in [0.29, 0.717) is 22.0 Å². The molecular formula is C13H10Cl2OS. The molecule has 2 aromatic rings. The molecule has 2 rings (SSSR count). The maximum atomic E-state index is 12.0.